The molecular weight excluding hydrogens is 268 g/mol. The third kappa shape index (κ3) is 5.25. The molecule has 0 bridgehead atoms. The second kappa shape index (κ2) is 9.43. The molecule has 1 heterocycles. The molecule has 0 saturated carbocycles. The van der Waals surface area contributed by atoms with Gasteiger partial charge in [-0.2, -0.15) is 0 Å². The van der Waals surface area contributed by atoms with Gasteiger partial charge in [-0.05, 0) is 6.92 Å². The van der Waals surface area contributed by atoms with Gasteiger partial charge >= 0.3 is 5.69 Å². The summed E-state index contributed by atoms with van der Waals surface area (Å²) in [5.74, 6) is 0. The molecule has 0 saturated heterocycles. The van der Waals surface area contributed by atoms with Gasteiger partial charge in [0.05, 0.1) is 19.3 Å². The summed E-state index contributed by atoms with van der Waals surface area (Å²) in [7, 11) is 0. The zero-order valence-electron chi connectivity index (χ0n) is 11.8. The van der Waals surface area contributed by atoms with Gasteiger partial charge in [0.1, 0.15) is 6.10 Å². The van der Waals surface area contributed by atoms with Gasteiger partial charge in [0, 0.05) is 12.3 Å². The van der Waals surface area contributed by atoms with Gasteiger partial charge in [-0.25, -0.2) is 4.79 Å². The van der Waals surface area contributed by atoms with E-state index in [4.69, 9.17) is 14.9 Å². The van der Waals surface area contributed by atoms with Crippen molar-refractivity contribution in [2.75, 3.05) is 13.2 Å². The molecule has 1 unspecified atom stereocenters. The van der Waals surface area contributed by atoms with Gasteiger partial charge in [-0.3, -0.25) is 14.3 Å². The fourth-order valence-electron chi connectivity index (χ4n) is 1.36. The zero-order valence-corrected chi connectivity index (χ0v) is 11.8. The minimum Gasteiger partial charge on any atom is -0.394 e. The number of aliphatic hydroxyl groups excluding tert-OH is 3. The lowest BCUT2D eigenvalue weighted by molar-refractivity contribution is -0.134. The highest BCUT2D eigenvalue weighted by molar-refractivity contribution is 4.84. The SMILES string of the molecule is CC.C[C@H](O)[C@@H](CO)OC(CO)n1ccc(=O)[nH]c1=O. The number of aliphatic hydroxyl groups is 3. The summed E-state index contributed by atoms with van der Waals surface area (Å²) >= 11 is 0. The number of nitrogens with one attached hydrogen (secondary N) is 1. The van der Waals surface area contributed by atoms with Gasteiger partial charge in [0.15, 0.2) is 6.23 Å². The van der Waals surface area contributed by atoms with Crippen LogP contribution in [0.5, 0.6) is 0 Å². The highest BCUT2D eigenvalue weighted by Crippen LogP contribution is 2.10. The fourth-order valence-corrected chi connectivity index (χ4v) is 1.36. The van der Waals surface area contributed by atoms with Crippen molar-refractivity contribution in [1.82, 2.24) is 9.55 Å². The van der Waals surface area contributed by atoms with Crippen LogP contribution in [0.15, 0.2) is 21.9 Å². The van der Waals surface area contributed by atoms with Crippen LogP contribution in [0.25, 0.3) is 0 Å². The van der Waals surface area contributed by atoms with Crippen molar-refractivity contribution in [3.8, 4) is 0 Å². The minimum atomic E-state index is -1.10. The lowest BCUT2D eigenvalue weighted by Gasteiger charge is -2.25. The number of hydrogen-bond acceptors (Lipinski definition) is 6. The number of aromatic nitrogens is 2. The summed E-state index contributed by atoms with van der Waals surface area (Å²) < 4.78 is 6.17. The Bertz CT molecular complexity index is 481. The number of aromatic amines is 1. The first-order chi connectivity index (χ1) is 9.49. The topological polar surface area (TPSA) is 125 Å². The fraction of sp³-hybridized carbons (Fsp3) is 0.667. The van der Waals surface area contributed by atoms with Crippen LogP contribution in [-0.4, -0.2) is 50.3 Å². The lowest BCUT2D eigenvalue weighted by Crippen LogP contribution is -2.39. The molecule has 0 aliphatic rings. The number of hydrogen-bond donors (Lipinski definition) is 4. The molecular formula is C12H22N2O6. The molecule has 8 nitrogen and oxygen atoms in total. The third-order valence-electron chi connectivity index (χ3n) is 2.37. The normalized spacial score (nSPS) is 14.9. The van der Waals surface area contributed by atoms with Crippen molar-refractivity contribution in [2.24, 2.45) is 0 Å². The highest BCUT2D eigenvalue weighted by Gasteiger charge is 2.21. The van der Waals surface area contributed by atoms with E-state index in [9.17, 15) is 14.7 Å². The van der Waals surface area contributed by atoms with E-state index < -0.39 is 42.9 Å². The van der Waals surface area contributed by atoms with Gasteiger partial charge < -0.3 is 20.1 Å². The van der Waals surface area contributed by atoms with Crippen molar-refractivity contribution in [1.29, 1.82) is 0 Å². The van der Waals surface area contributed by atoms with Gasteiger partial charge in [-0.1, -0.05) is 13.8 Å². The van der Waals surface area contributed by atoms with E-state index >= 15 is 0 Å². The number of H-pyrrole nitrogens is 1. The number of nitrogens with zero attached hydrogens (tertiary/aromatic N) is 1. The first-order valence-corrected chi connectivity index (χ1v) is 6.36. The lowest BCUT2D eigenvalue weighted by atomic mass is 10.2. The van der Waals surface area contributed by atoms with Crippen LogP contribution in [0.3, 0.4) is 0 Å². The predicted molar refractivity (Wildman–Crippen MR) is 72.4 cm³/mol. The largest absolute Gasteiger partial charge is 0.394 e. The molecule has 4 N–H and O–H groups in total. The molecule has 1 aromatic heterocycles. The maximum Gasteiger partial charge on any atom is 0.330 e. The molecule has 0 spiro atoms. The van der Waals surface area contributed by atoms with Crippen molar-refractivity contribution in [2.45, 2.75) is 39.2 Å². The number of rotatable bonds is 6. The second-order valence-electron chi connectivity index (χ2n) is 3.75. The summed E-state index contributed by atoms with van der Waals surface area (Å²) in [6, 6.07) is 1.10. The molecule has 0 fully saturated rings. The Labute approximate surface area is 116 Å². The van der Waals surface area contributed by atoms with Crippen LogP contribution >= 0.6 is 0 Å². The first kappa shape index (κ1) is 18.5. The molecule has 0 aromatic carbocycles. The first-order valence-electron chi connectivity index (χ1n) is 6.36. The van der Waals surface area contributed by atoms with Crippen molar-refractivity contribution in [3.05, 3.63) is 33.1 Å². The van der Waals surface area contributed by atoms with E-state index in [1.54, 1.807) is 0 Å². The molecule has 0 aliphatic heterocycles. The summed E-state index contributed by atoms with van der Waals surface area (Å²) in [5, 5.41) is 27.5. The van der Waals surface area contributed by atoms with E-state index in [2.05, 4.69) is 0 Å². The summed E-state index contributed by atoms with van der Waals surface area (Å²) in [5.41, 5.74) is -1.31. The quantitative estimate of drug-likeness (QED) is 0.522. The van der Waals surface area contributed by atoms with Crippen molar-refractivity contribution < 1.29 is 20.1 Å². The average Bonchev–Trinajstić information content (AvgIpc) is 2.43. The van der Waals surface area contributed by atoms with Crippen molar-refractivity contribution in [3.63, 3.8) is 0 Å². The van der Waals surface area contributed by atoms with Gasteiger partial charge in [0.25, 0.3) is 5.56 Å². The van der Waals surface area contributed by atoms with Crippen molar-refractivity contribution >= 4 is 0 Å². The zero-order chi connectivity index (χ0) is 15.7. The Balaban J connectivity index is 0.00000172. The monoisotopic (exact) mass is 290 g/mol. The summed E-state index contributed by atoms with van der Waals surface area (Å²) in [6.45, 7) is 4.40. The molecule has 8 heteroatoms. The van der Waals surface area contributed by atoms with E-state index in [1.165, 1.54) is 13.1 Å². The summed E-state index contributed by atoms with van der Waals surface area (Å²) in [4.78, 5) is 24.4. The molecule has 1 rings (SSSR count). The molecule has 0 aliphatic carbocycles. The summed E-state index contributed by atoms with van der Waals surface area (Å²) in [6.07, 6.45) is -1.84. The second-order valence-corrected chi connectivity index (χ2v) is 3.75. The van der Waals surface area contributed by atoms with E-state index in [1.807, 2.05) is 18.8 Å². The van der Waals surface area contributed by atoms with Gasteiger partial charge in [0.2, 0.25) is 0 Å². The van der Waals surface area contributed by atoms with Crippen LogP contribution in [0.1, 0.15) is 27.0 Å². The van der Waals surface area contributed by atoms with Crippen LogP contribution < -0.4 is 11.2 Å². The van der Waals surface area contributed by atoms with Crippen LogP contribution in [0.2, 0.25) is 0 Å². The van der Waals surface area contributed by atoms with Crippen LogP contribution in [0.4, 0.5) is 0 Å². The molecule has 116 valence electrons. The Morgan fingerprint density at radius 2 is 1.90 bits per heavy atom. The maximum atomic E-state index is 11.5. The molecule has 3 atom stereocenters. The average molecular weight is 290 g/mol. The molecule has 1 aromatic rings. The maximum absolute atomic E-state index is 11.5. The van der Waals surface area contributed by atoms with E-state index in [0.717, 1.165) is 10.6 Å². The van der Waals surface area contributed by atoms with E-state index in [-0.39, 0.29) is 0 Å². The Kier molecular flexibility index (Phi) is 8.73. The minimum absolute atomic E-state index is 0.466. The smallest absolute Gasteiger partial charge is 0.330 e. The Morgan fingerprint density at radius 3 is 2.30 bits per heavy atom. The molecule has 20 heavy (non-hydrogen) atoms. The van der Waals surface area contributed by atoms with Gasteiger partial charge in [-0.15, -0.1) is 0 Å². The Morgan fingerprint density at radius 1 is 1.30 bits per heavy atom. The molecule has 0 amide bonds. The van der Waals surface area contributed by atoms with Crippen LogP contribution in [-0.2, 0) is 4.74 Å². The predicted octanol–water partition coefficient (Wildman–Crippen LogP) is -1.19. The third-order valence-corrected chi connectivity index (χ3v) is 2.37. The van der Waals surface area contributed by atoms with Crippen LogP contribution in [0, 0.1) is 0 Å². The Hall–Kier alpha value is -1.48. The standard InChI is InChI=1S/C10H16N2O6.C2H6/c1-6(15)7(4-13)18-9(5-14)12-3-2-8(16)11-10(12)17;1-2/h2-3,6-7,9,13-15H,4-5H2,1H3,(H,11,16,17);1-2H3/t6-,7+,9?;/m0./s1. The molecule has 0 radical (unpaired) electrons. The number of ether oxygens (including phenoxy) is 1. The van der Waals surface area contributed by atoms with E-state index in [0.29, 0.717) is 0 Å². The highest BCUT2D eigenvalue weighted by atomic mass is 16.5.